The zero-order valence-corrected chi connectivity index (χ0v) is 16.9. The van der Waals surface area contributed by atoms with Gasteiger partial charge in [0.1, 0.15) is 0 Å². The second-order valence-electron chi connectivity index (χ2n) is 9.00. The van der Waals surface area contributed by atoms with Gasteiger partial charge in [-0.05, 0) is 43.5 Å². The molecule has 0 saturated carbocycles. The van der Waals surface area contributed by atoms with Gasteiger partial charge in [-0.15, -0.1) is 0 Å². The highest BCUT2D eigenvalue weighted by atomic mass is 16.2. The molecule has 29 heavy (non-hydrogen) atoms. The molecule has 0 aliphatic carbocycles. The lowest BCUT2D eigenvalue weighted by atomic mass is 9.75. The van der Waals surface area contributed by atoms with Crippen LogP contribution >= 0.6 is 0 Å². The fourth-order valence-corrected chi connectivity index (χ4v) is 6.31. The lowest BCUT2D eigenvalue weighted by Gasteiger charge is -2.51. The molecule has 3 aromatic rings. The summed E-state index contributed by atoms with van der Waals surface area (Å²) in [5.41, 5.74) is 3.36. The summed E-state index contributed by atoms with van der Waals surface area (Å²) >= 11 is 0. The molecule has 4 aliphatic heterocycles. The summed E-state index contributed by atoms with van der Waals surface area (Å²) < 4.78 is 2.08. The van der Waals surface area contributed by atoms with E-state index in [1.807, 2.05) is 25.4 Å². The molecule has 1 amide bonds. The largest absolute Gasteiger partial charge is 0.350 e. The van der Waals surface area contributed by atoms with Gasteiger partial charge in [-0.25, -0.2) is 0 Å². The zero-order valence-electron chi connectivity index (χ0n) is 16.9. The number of carbonyl (C=O) groups is 1. The fourth-order valence-electron chi connectivity index (χ4n) is 6.31. The number of aromatic nitrogens is 1. The van der Waals surface area contributed by atoms with E-state index < -0.39 is 0 Å². The number of para-hydroxylation sites is 1. The van der Waals surface area contributed by atoms with Crippen LogP contribution in [-0.2, 0) is 7.05 Å². The third-order valence-corrected chi connectivity index (χ3v) is 7.61. The van der Waals surface area contributed by atoms with Gasteiger partial charge in [0.05, 0.1) is 11.6 Å². The SMILES string of the molecule is Cn1cc(C(=O)N2C[C@H](c3ccccc3)[C@H]3[C@@H]2C2CCN3CC2)c2ccccc21. The number of carbonyl (C=O) groups excluding carboxylic acids is 1. The molecule has 2 aromatic carbocycles. The number of piperidine rings is 3. The van der Waals surface area contributed by atoms with Crippen LogP contribution in [0, 0.1) is 5.92 Å². The van der Waals surface area contributed by atoms with Gasteiger partial charge in [0.2, 0.25) is 0 Å². The molecule has 4 heteroatoms. The number of rotatable bonds is 2. The van der Waals surface area contributed by atoms with Crippen LogP contribution in [0.5, 0.6) is 0 Å². The summed E-state index contributed by atoms with van der Waals surface area (Å²) in [6, 6.07) is 19.9. The predicted molar refractivity (Wildman–Crippen MR) is 115 cm³/mol. The predicted octanol–water partition coefficient (Wildman–Crippen LogP) is 3.88. The summed E-state index contributed by atoms with van der Waals surface area (Å²) in [6.45, 7) is 3.20. The van der Waals surface area contributed by atoms with Crippen LogP contribution in [0.15, 0.2) is 60.8 Å². The van der Waals surface area contributed by atoms with Gasteiger partial charge >= 0.3 is 0 Å². The number of hydrogen-bond donors (Lipinski definition) is 0. The van der Waals surface area contributed by atoms with Crippen molar-refractivity contribution >= 4 is 16.8 Å². The Balaban J connectivity index is 1.43. The Morgan fingerprint density at radius 1 is 0.931 bits per heavy atom. The fraction of sp³-hybridized carbons (Fsp3) is 0.400. The van der Waals surface area contributed by atoms with Gasteiger partial charge in [-0.1, -0.05) is 48.5 Å². The molecule has 148 valence electrons. The van der Waals surface area contributed by atoms with Crippen LogP contribution in [0.3, 0.4) is 0 Å². The molecule has 1 aromatic heterocycles. The molecule has 0 unspecified atom stereocenters. The summed E-state index contributed by atoms with van der Waals surface area (Å²) in [4.78, 5) is 18.8. The second kappa shape index (κ2) is 6.46. The molecule has 7 rings (SSSR count). The minimum absolute atomic E-state index is 0.212. The summed E-state index contributed by atoms with van der Waals surface area (Å²) in [7, 11) is 2.03. The van der Waals surface area contributed by atoms with Crippen LogP contribution in [0.1, 0.15) is 34.7 Å². The van der Waals surface area contributed by atoms with Crippen molar-refractivity contribution in [3.8, 4) is 0 Å². The van der Waals surface area contributed by atoms with Gasteiger partial charge in [0.25, 0.3) is 5.91 Å². The van der Waals surface area contributed by atoms with Gasteiger partial charge in [-0.3, -0.25) is 9.69 Å². The van der Waals surface area contributed by atoms with E-state index in [-0.39, 0.29) is 5.91 Å². The Kier molecular flexibility index (Phi) is 3.85. The van der Waals surface area contributed by atoms with E-state index in [2.05, 4.69) is 56.8 Å². The number of benzene rings is 2. The van der Waals surface area contributed by atoms with Crippen LogP contribution in [0.25, 0.3) is 10.9 Å². The molecule has 5 heterocycles. The van der Waals surface area contributed by atoms with Crippen LogP contribution < -0.4 is 0 Å². The molecule has 4 aliphatic rings. The van der Waals surface area contributed by atoms with Crippen molar-refractivity contribution in [1.82, 2.24) is 14.4 Å². The number of likely N-dealkylation sites (tertiary alicyclic amines) is 1. The van der Waals surface area contributed by atoms with E-state index in [4.69, 9.17) is 0 Å². The monoisotopic (exact) mass is 385 g/mol. The van der Waals surface area contributed by atoms with Crippen molar-refractivity contribution in [2.24, 2.45) is 13.0 Å². The highest BCUT2D eigenvalue weighted by molar-refractivity contribution is 6.07. The maximum absolute atomic E-state index is 13.9. The summed E-state index contributed by atoms with van der Waals surface area (Å²) in [5, 5.41) is 1.07. The molecule has 4 saturated heterocycles. The van der Waals surface area contributed by atoms with Crippen molar-refractivity contribution in [1.29, 1.82) is 0 Å². The van der Waals surface area contributed by atoms with Crippen molar-refractivity contribution in [3.63, 3.8) is 0 Å². The number of fused-ring (bicyclic) bond motifs is 3. The van der Waals surface area contributed by atoms with Gasteiger partial charge in [0.15, 0.2) is 0 Å². The lowest BCUT2D eigenvalue weighted by molar-refractivity contribution is -0.00335. The molecule has 0 radical (unpaired) electrons. The normalized spacial score (nSPS) is 30.7. The Morgan fingerprint density at radius 2 is 1.66 bits per heavy atom. The van der Waals surface area contributed by atoms with Crippen LogP contribution in [0.2, 0.25) is 0 Å². The standard InChI is InChI=1S/C25H27N3O/c1-26-15-21(19-9-5-6-10-22(19)26)25(29)28-16-20(17-7-3-2-4-8-17)24-23(28)18-11-13-27(24)14-12-18/h2-10,15,18,20,23-24H,11-14,16H2,1H3/t20-,23+,24+/m1/s1. The van der Waals surface area contributed by atoms with Crippen molar-refractivity contribution in [2.45, 2.75) is 30.8 Å². The minimum atomic E-state index is 0.212. The van der Waals surface area contributed by atoms with E-state index >= 15 is 0 Å². The first kappa shape index (κ1) is 17.3. The molecule has 2 bridgehead atoms. The summed E-state index contributed by atoms with van der Waals surface area (Å²) in [5.74, 6) is 1.25. The maximum atomic E-state index is 13.9. The minimum Gasteiger partial charge on any atom is -0.350 e. The Bertz CT molecular complexity index is 1060. The van der Waals surface area contributed by atoms with Crippen molar-refractivity contribution in [3.05, 3.63) is 71.9 Å². The lowest BCUT2D eigenvalue weighted by Crippen LogP contribution is -2.60. The van der Waals surface area contributed by atoms with Gasteiger partial charge < -0.3 is 9.47 Å². The first-order valence-corrected chi connectivity index (χ1v) is 10.9. The highest BCUT2D eigenvalue weighted by Crippen LogP contribution is 2.47. The first-order chi connectivity index (χ1) is 14.2. The molecular formula is C25H27N3O. The van der Waals surface area contributed by atoms with E-state index in [9.17, 15) is 4.79 Å². The van der Waals surface area contributed by atoms with E-state index in [0.717, 1.165) is 23.0 Å². The highest BCUT2D eigenvalue weighted by Gasteiger charge is 2.54. The van der Waals surface area contributed by atoms with Crippen LogP contribution in [0.4, 0.5) is 0 Å². The van der Waals surface area contributed by atoms with Crippen LogP contribution in [-0.4, -0.2) is 52.0 Å². The first-order valence-electron chi connectivity index (χ1n) is 10.9. The second-order valence-corrected chi connectivity index (χ2v) is 9.00. The quantitative estimate of drug-likeness (QED) is 0.670. The van der Waals surface area contributed by atoms with Gasteiger partial charge in [-0.2, -0.15) is 0 Å². The Hall–Kier alpha value is -2.59. The molecular weight excluding hydrogens is 358 g/mol. The van der Waals surface area contributed by atoms with Crippen molar-refractivity contribution in [2.75, 3.05) is 19.6 Å². The summed E-state index contributed by atoms with van der Waals surface area (Å²) in [6.07, 6.45) is 4.48. The van der Waals surface area contributed by atoms with E-state index in [0.29, 0.717) is 23.9 Å². The molecule has 4 fully saturated rings. The third-order valence-electron chi connectivity index (χ3n) is 7.61. The Labute approximate surface area is 171 Å². The number of amides is 1. The number of hydrogen-bond acceptors (Lipinski definition) is 2. The molecule has 4 nitrogen and oxygen atoms in total. The number of nitrogens with zero attached hydrogens (tertiary/aromatic N) is 3. The maximum Gasteiger partial charge on any atom is 0.256 e. The van der Waals surface area contributed by atoms with Crippen molar-refractivity contribution < 1.29 is 4.79 Å². The topological polar surface area (TPSA) is 28.5 Å². The third kappa shape index (κ3) is 2.52. The van der Waals surface area contributed by atoms with Gasteiger partial charge in [0, 0.05) is 42.7 Å². The molecule has 0 N–H and O–H groups in total. The molecule has 0 spiro atoms. The number of aryl methyl sites for hydroxylation is 1. The zero-order chi connectivity index (χ0) is 19.5. The average molecular weight is 386 g/mol. The molecule has 3 atom stereocenters. The average Bonchev–Trinajstić information content (AvgIpc) is 3.36. The van der Waals surface area contributed by atoms with E-state index in [1.54, 1.807) is 0 Å². The smallest absolute Gasteiger partial charge is 0.256 e. The van der Waals surface area contributed by atoms with E-state index in [1.165, 1.54) is 31.5 Å². The Morgan fingerprint density at radius 3 is 2.45 bits per heavy atom.